The number of benzene rings is 2. The molecule has 0 bridgehead atoms. The molecule has 39 heavy (non-hydrogen) atoms. The van der Waals surface area contributed by atoms with E-state index >= 15 is 0 Å². The molecule has 0 aliphatic carbocycles. The van der Waals surface area contributed by atoms with Crippen molar-refractivity contribution < 1.29 is 19.1 Å². The molecule has 1 saturated heterocycles. The van der Waals surface area contributed by atoms with E-state index in [-0.39, 0.29) is 29.0 Å². The standard InChI is InChI=1S/C29H29ClFN5O3/c1-17-5-4-6-18(2)28(17)34(3)26-16-23(20-7-8-22(31)21(30)14-20)32-25-15-24(33-36(25)26)29(39)35-11-9-19(10-12-35)13-27(37)38/h4-8,14-16,19H,9-13H2,1-3H3,(H,37,38). The van der Waals surface area contributed by atoms with Crippen LogP contribution in [0.5, 0.6) is 0 Å². The minimum Gasteiger partial charge on any atom is -0.481 e. The molecule has 202 valence electrons. The molecule has 0 spiro atoms. The first-order valence-electron chi connectivity index (χ1n) is 12.8. The van der Waals surface area contributed by atoms with E-state index in [0.29, 0.717) is 48.7 Å². The Morgan fingerprint density at radius 3 is 2.44 bits per heavy atom. The van der Waals surface area contributed by atoms with Crippen molar-refractivity contribution in [3.63, 3.8) is 0 Å². The Morgan fingerprint density at radius 2 is 1.79 bits per heavy atom. The van der Waals surface area contributed by atoms with Gasteiger partial charge in [-0.25, -0.2) is 9.37 Å². The summed E-state index contributed by atoms with van der Waals surface area (Å²) in [5, 5.41) is 13.8. The van der Waals surface area contributed by atoms with Gasteiger partial charge in [0.05, 0.1) is 10.7 Å². The highest BCUT2D eigenvalue weighted by atomic mass is 35.5. The van der Waals surface area contributed by atoms with Gasteiger partial charge in [-0.15, -0.1) is 0 Å². The number of aliphatic carboxylic acids is 1. The quantitative estimate of drug-likeness (QED) is 0.322. The zero-order chi connectivity index (χ0) is 27.8. The van der Waals surface area contributed by atoms with Gasteiger partial charge >= 0.3 is 5.97 Å². The summed E-state index contributed by atoms with van der Waals surface area (Å²) >= 11 is 6.08. The lowest BCUT2D eigenvalue weighted by Crippen LogP contribution is -2.39. The van der Waals surface area contributed by atoms with Gasteiger partial charge in [-0.05, 0) is 61.9 Å². The Balaban J connectivity index is 1.57. The van der Waals surface area contributed by atoms with Gasteiger partial charge in [-0.2, -0.15) is 9.61 Å². The number of fused-ring (bicyclic) bond motifs is 1. The number of para-hydroxylation sites is 1. The van der Waals surface area contributed by atoms with Crippen LogP contribution in [0.4, 0.5) is 15.9 Å². The number of nitrogens with zero attached hydrogens (tertiary/aromatic N) is 5. The minimum atomic E-state index is -0.815. The highest BCUT2D eigenvalue weighted by Crippen LogP contribution is 2.34. The van der Waals surface area contributed by atoms with Crippen LogP contribution in [0.25, 0.3) is 16.9 Å². The normalized spacial score (nSPS) is 14.1. The van der Waals surface area contributed by atoms with Gasteiger partial charge in [-0.3, -0.25) is 9.59 Å². The van der Waals surface area contributed by atoms with E-state index in [1.165, 1.54) is 12.1 Å². The lowest BCUT2D eigenvalue weighted by atomic mass is 9.93. The zero-order valence-electron chi connectivity index (χ0n) is 22.0. The van der Waals surface area contributed by atoms with Crippen LogP contribution in [0.15, 0.2) is 48.5 Å². The molecule has 0 atom stereocenters. The van der Waals surface area contributed by atoms with Crippen LogP contribution in [-0.2, 0) is 4.79 Å². The smallest absolute Gasteiger partial charge is 0.303 e. The second kappa shape index (κ2) is 10.6. The topological polar surface area (TPSA) is 91.0 Å². The second-order valence-electron chi connectivity index (χ2n) is 10.1. The molecular formula is C29H29ClFN5O3. The maximum absolute atomic E-state index is 13.9. The van der Waals surface area contributed by atoms with Gasteiger partial charge in [0.1, 0.15) is 11.6 Å². The van der Waals surface area contributed by atoms with Gasteiger partial charge in [0.2, 0.25) is 0 Å². The third kappa shape index (κ3) is 5.31. The lowest BCUT2D eigenvalue weighted by molar-refractivity contribution is -0.138. The lowest BCUT2D eigenvalue weighted by Gasteiger charge is -2.30. The van der Waals surface area contributed by atoms with Crippen molar-refractivity contribution >= 4 is 40.6 Å². The summed E-state index contributed by atoms with van der Waals surface area (Å²) in [7, 11) is 1.93. The number of aryl methyl sites for hydroxylation is 2. The molecule has 1 aliphatic rings. The van der Waals surface area contributed by atoms with Crippen LogP contribution < -0.4 is 4.90 Å². The molecule has 4 aromatic rings. The summed E-state index contributed by atoms with van der Waals surface area (Å²) in [6, 6.07) is 14.0. The number of piperidine rings is 1. The Labute approximate surface area is 230 Å². The SMILES string of the molecule is Cc1cccc(C)c1N(C)c1cc(-c2ccc(F)c(Cl)c2)nc2cc(C(=O)N3CCC(CC(=O)O)CC3)nn12. The number of carbonyl (C=O) groups excluding carboxylic acids is 1. The molecule has 2 aromatic heterocycles. The average Bonchev–Trinajstić information content (AvgIpc) is 3.33. The number of aromatic nitrogens is 3. The number of halogens is 2. The summed E-state index contributed by atoms with van der Waals surface area (Å²) in [5.74, 6) is -0.811. The molecule has 1 N–H and O–H groups in total. The third-order valence-electron chi connectivity index (χ3n) is 7.33. The van der Waals surface area contributed by atoms with Crippen molar-refractivity contribution in [3.05, 3.63) is 76.2 Å². The van der Waals surface area contributed by atoms with Crippen molar-refractivity contribution in [3.8, 4) is 11.3 Å². The van der Waals surface area contributed by atoms with Crippen LogP contribution in [0, 0.1) is 25.6 Å². The van der Waals surface area contributed by atoms with Crippen LogP contribution in [0.2, 0.25) is 5.02 Å². The van der Waals surface area contributed by atoms with Crippen LogP contribution in [0.3, 0.4) is 0 Å². The average molecular weight is 550 g/mol. The highest BCUT2D eigenvalue weighted by Gasteiger charge is 2.27. The summed E-state index contributed by atoms with van der Waals surface area (Å²) in [6.07, 6.45) is 1.39. The van der Waals surface area contributed by atoms with Crippen LogP contribution >= 0.6 is 11.6 Å². The number of carbonyl (C=O) groups is 2. The summed E-state index contributed by atoms with van der Waals surface area (Å²) in [5.41, 5.74) is 5.05. The fraction of sp³-hybridized carbons (Fsp3) is 0.310. The van der Waals surface area contributed by atoms with E-state index in [1.807, 2.05) is 50.1 Å². The number of anilines is 2. The molecule has 10 heteroatoms. The number of carboxylic acids is 1. The molecule has 0 unspecified atom stereocenters. The summed E-state index contributed by atoms with van der Waals surface area (Å²) in [4.78, 5) is 33.0. The first-order valence-corrected chi connectivity index (χ1v) is 13.2. The van der Waals surface area contributed by atoms with Crippen molar-refractivity contribution in [1.29, 1.82) is 0 Å². The Kier molecular flexibility index (Phi) is 7.27. The Hall–Kier alpha value is -3.98. The molecule has 5 rings (SSSR count). The van der Waals surface area contributed by atoms with Gasteiger partial charge in [0, 0.05) is 49.9 Å². The predicted molar refractivity (Wildman–Crippen MR) is 148 cm³/mol. The molecule has 1 aliphatic heterocycles. The minimum absolute atomic E-state index is 0.00509. The molecule has 1 fully saturated rings. The molecule has 1 amide bonds. The number of hydrogen-bond donors (Lipinski definition) is 1. The number of amides is 1. The fourth-order valence-corrected chi connectivity index (χ4v) is 5.48. The van der Waals surface area contributed by atoms with Gasteiger partial charge in [0.25, 0.3) is 5.91 Å². The Morgan fingerprint density at radius 1 is 1.10 bits per heavy atom. The van der Waals surface area contributed by atoms with Crippen LogP contribution in [0.1, 0.15) is 40.9 Å². The maximum Gasteiger partial charge on any atom is 0.303 e. The third-order valence-corrected chi connectivity index (χ3v) is 7.62. The second-order valence-corrected chi connectivity index (χ2v) is 10.5. The molecule has 0 saturated carbocycles. The molecule has 0 radical (unpaired) electrons. The molecule has 8 nitrogen and oxygen atoms in total. The van der Waals surface area contributed by atoms with E-state index in [4.69, 9.17) is 21.7 Å². The van der Waals surface area contributed by atoms with E-state index < -0.39 is 11.8 Å². The molecule has 2 aromatic carbocycles. The van der Waals surface area contributed by atoms with E-state index in [1.54, 1.807) is 21.5 Å². The van der Waals surface area contributed by atoms with Crippen molar-refractivity contribution in [2.24, 2.45) is 5.92 Å². The van der Waals surface area contributed by atoms with Gasteiger partial charge < -0.3 is 14.9 Å². The fourth-order valence-electron chi connectivity index (χ4n) is 5.30. The molecule has 3 heterocycles. The number of hydrogen-bond acceptors (Lipinski definition) is 5. The number of rotatable bonds is 6. The van der Waals surface area contributed by atoms with Crippen molar-refractivity contribution in [1.82, 2.24) is 19.5 Å². The monoisotopic (exact) mass is 549 g/mol. The first-order chi connectivity index (χ1) is 18.6. The largest absolute Gasteiger partial charge is 0.481 e. The van der Waals surface area contributed by atoms with E-state index in [0.717, 1.165) is 16.8 Å². The first kappa shape index (κ1) is 26.6. The Bertz CT molecular complexity index is 1560. The number of carboxylic acid groups (broad SMARTS) is 1. The van der Waals surface area contributed by atoms with Gasteiger partial charge in [0.15, 0.2) is 11.3 Å². The van der Waals surface area contributed by atoms with Crippen LogP contribution in [-0.4, -0.2) is 56.6 Å². The molecular weight excluding hydrogens is 521 g/mol. The summed E-state index contributed by atoms with van der Waals surface area (Å²) < 4.78 is 15.5. The van der Waals surface area contributed by atoms with Crippen molar-refractivity contribution in [2.75, 3.05) is 25.0 Å². The highest BCUT2D eigenvalue weighted by molar-refractivity contribution is 6.31. The van der Waals surface area contributed by atoms with E-state index in [2.05, 4.69) is 5.10 Å². The predicted octanol–water partition coefficient (Wildman–Crippen LogP) is 5.90. The maximum atomic E-state index is 13.9. The number of likely N-dealkylation sites (tertiary alicyclic amines) is 1. The van der Waals surface area contributed by atoms with Crippen molar-refractivity contribution in [2.45, 2.75) is 33.1 Å². The van der Waals surface area contributed by atoms with E-state index in [9.17, 15) is 14.0 Å². The summed E-state index contributed by atoms with van der Waals surface area (Å²) in [6.45, 7) is 5.02. The zero-order valence-corrected chi connectivity index (χ0v) is 22.7. The van der Waals surface area contributed by atoms with Gasteiger partial charge in [-0.1, -0.05) is 29.8 Å².